The Morgan fingerprint density at radius 1 is 0.923 bits per heavy atom. The van der Waals surface area contributed by atoms with Gasteiger partial charge in [-0.05, 0) is 65.9 Å². The first-order chi connectivity index (χ1) is 12.4. The van der Waals surface area contributed by atoms with Gasteiger partial charge in [-0.15, -0.1) is 0 Å². The number of hydrogen-bond donors (Lipinski definition) is 1. The standard InChI is InChI=1S/C21H19NO4/c1-14-11-18(12-15(2)21(14)23)17-5-3-16(4-6-17)13-26-20-9-7-19(8-10-20)22(24)25/h3-12,23H,13H2,1-2H3. The molecule has 26 heavy (non-hydrogen) atoms. The molecule has 5 heteroatoms. The normalized spacial score (nSPS) is 10.5. The van der Waals surface area contributed by atoms with Crippen LogP contribution >= 0.6 is 0 Å². The largest absolute Gasteiger partial charge is 0.507 e. The fourth-order valence-electron chi connectivity index (χ4n) is 2.75. The van der Waals surface area contributed by atoms with Gasteiger partial charge in [0, 0.05) is 12.1 Å². The van der Waals surface area contributed by atoms with Crippen LogP contribution < -0.4 is 4.74 Å². The summed E-state index contributed by atoms with van der Waals surface area (Å²) in [7, 11) is 0. The van der Waals surface area contributed by atoms with Crippen LogP contribution in [0.15, 0.2) is 60.7 Å². The summed E-state index contributed by atoms with van der Waals surface area (Å²) in [6.45, 7) is 4.15. The van der Waals surface area contributed by atoms with E-state index in [9.17, 15) is 15.2 Å². The Balaban J connectivity index is 1.69. The fourth-order valence-corrected chi connectivity index (χ4v) is 2.75. The van der Waals surface area contributed by atoms with Crippen molar-refractivity contribution < 1.29 is 14.8 Å². The Morgan fingerprint density at radius 2 is 1.50 bits per heavy atom. The molecule has 3 aromatic rings. The lowest BCUT2D eigenvalue weighted by Gasteiger charge is -2.10. The van der Waals surface area contributed by atoms with Gasteiger partial charge in [-0.3, -0.25) is 10.1 Å². The number of nitro benzene ring substituents is 1. The van der Waals surface area contributed by atoms with Crippen molar-refractivity contribution in [1.29, 1.82) is 0 Å². The number of ether oxygens (including phenoxy) is 1. The van der Waals surface area contributed by atoms with Gasteiger partial charge in [-0.2, -0.15) is 0 Å². The molecule has 0 saturated heterocycles. The molecular formula is C21H19NO4. The molecule has 0 spiro atoms. The van der Waals surface area contributed by atoms with Crippen LogP contribution in [0.1, 0.15) is 16.7 Å². The van der Waals surface area contributed by atoms with E-state index in [0.29, 0.717) is 18.1 Å². The van der Waals surface area contributed by atoms with E-state index in [0.717, 1.165) is 27.8 Å². The minimum Gasteiger partial charge on any atom is -0.507 e. The average Bonchev–Trinajstić information content (AvgIpc) is 2.65. The number of benzene rings is 3. The highest BCUT2D eigenvalue weighted by atomic mass is 16.6. The topological polar surface area (TPSA) is 72.6 Å². The highest BCUT2D eigenvalue weighted by Crippen LogP contribution is 2.29. The quantitative estimate of drug-likeness (QED) is 0.510. The van der Waals surface area contributed by atoms with Crippen molar-refractivity contribution in [3.05, 3.63) is 87.5 Å². The molecule has 1 N–H and O–H groups in total. The molecule has 0 amide bonds. The monoisotopic (exact) mass is 349 g/mol. The second-order valence-electron chi connectivity index (χ2n) is 6.20. The minimum atomic E-state index is -0.435. The highest BCUT2D eigenvalue weighted by Gasteiger charge is 2.07. The SMILES string of the molecule is Cc1cc(-c2ccc(COc3ccc([N+](=O)[O-])cc3)cc2)cc(C)c1O. The molecule has 132 valence electrons. The third-order valence-corrected chi connectivity index (χ3v) is 4.23. The molecule has 5 nitrogen and oxygen atoms in total. The van der Waals surface area contributed by atoms with Crippen LogP contribution in [0, 0.1) is 24.0 Å². The lowest BCUT2D eigenvalue weighted by atomic mass is 9.99. The van der Waals surface area contributed by atoms with Crippen LogP contribution in [0.3, 0.4) is 0 Å². The van der Waals surface area contributed by atoms with E-state index in [-0.39, 0.29) is 5.69 Å². The molecule has 0 bridgehead atoms. The third-order valence-electron chi connectivity index (χ3n) is 4.23. The van der Waals surface area contributed by atoms with Crippen LogP contribution in [0.2, 0.25) is 0 Å². The summed E-state index contributed by atoms with van der Waals surface area (Å²) in [5.74, 6) is 0.923. The molecule has 0 radical (unpaired) electrons. The first-order valence-electron chi connectivity index (χ1n) is 8.21. The maximum Gasteiger partial charge on any atom is 0.269 e. The van der Waals surface area contributed by atoms with E-state index in [1.807, 2.05) is 50.2 Å². The van der Waals surface area contributed by atoms with Gasteiger partial charge in [0.15, 0.2) is 0 Å². The van der Waals surface area contributed by atoms with Gasteiger partial charge in [0.1, 0.15) is 18.1 Å². The van der Waals surface area contributed by atoms with E-state index < -0.39 is 4.92 Å². The molecule has 3 aromatic carbocycles. The van der Waals surface area contributed by atoms with Crippen molar-refractivity contribution in [2.45, 2.75) is 20.5 Å². The molecule has 0 saturated carbocycles. The Morgan fingerprint density at radius 3 is 2.04 bits per heavy atom. The van der Waals surface area contributed by atoms with Crippen LogP contribution in [-0.2, 0) is 6.61 Å². The zero-order valence-corrected chi connectivity index (χ0v) is 14.6. The Kier molecular flexibility index (Phi) is 4.89. The summed E-state index contributed by atoms with van der Waals surface area (Å²) in [5.41, 5.74) is 4.87. The van der Waals surface area contributed by atoms with Crippen LogP contribution in [0.4, 0.5) is 5.69 Å². The number of aryl methyl sites for hydroxylation is 2. The van der Waals surface area contributed by atoms with E-state index in [2.05, 4.69) is 0 Å². The molecule has 0 atom stereocenters. The van der Waals surface area contributed by atoms with E-state index in [1.54, 1.807) is 12.1 Å². The van der Waals surface area contributed by atoms with Crippen molar-refractivity contribution in [3.8, 4) is 22.6 Å². The number of non-ortho nitro benzene ring substituents is 1. The van der Waals surface area contributed by atoms with Gasteiger partial charge in [0.25, 0.3) is 5.69 Å². The maximum atomic E-state index is 10.7. The van der Waals surface area contributed by atoms with Gasteiger partial charge in [0.05, 0.1) is 4.92 Å². The van der Waals surface area contributed by atoms with Crippen LogP contribution in [0.5, 0.6) is 11.5 Å². The van der Waals surface area contributed by atoms with Gasteiger partial charge < -0.3 is 9.84 Å². The summed E-state index contributed by atoms with van der Waals surface area (Å²) >= 11 is 0. The number of nitrogens with zero attached hydrogens (tertiary/aromatic N) is 1. The van der Waals surface area contributed by atoms with Crippen molar-refractivity contribution in [2.75, 3.05) is 0 Å². The lowest BCUT2D eigenvalue weighted by molar-refractivity contribution is -0.384. The summed E-state index contributed by atoms with van der Waals surface area (Å²) in [6.07, 6.45) is 0. The molecule has 0 fully saturated rings. The zero-order valence-electron chi connectivity index (χ0n) is 14.6. The fraction of sp³-hybridized carbons (Fsp3) is 0.143. The second kappa shape index (κ2) is 7.27. The minimum absolute atomic E-state index is 0.0428. The smallest absolute Gasteiger partial charge is 0.269 e. The molecular weight excluding hydrogens is 330 g/mol. The predicted octanol–water partition coefficient (Wildman–Crippen LogP) is 5.16. The van der Waals surface area contributed by atoms with Crippen molar-refractivity contribution in [1.82, 2.24) is 0 Å². The second-order valence-corrected chi connectivity index (χ2v) is 6.20. The lowest BCUT2D eigenvalue weighted by Crippen LogP contribution is -1.96. The number of hydrogen-bond acceptors (Lipinski definition) is 4. The summed E-state index contributed by atoms with van der Waals surface area (Å²) in [5, 5.41) is 20.5. The van der Waals surface area contributed by atoms with Crippen molar-refractivity contribution in [2.24, 2.45) is 0 Å². The van der Waals surface area contributed by atoms with E-state index in [1.165, 1.54) is 12.1 Å². The number of nitro groups is 1. The Labute approximate surface area is 151 Å². The molecule has 0 aliphatic rings. The first kappa shape index (κ1) is 17.5. The molecule has 0 heterocycles. The maximum absolute atomic E-state index is 10.7. The first-order valence-corrected chi connectivity index (χ1v) is 8.21. The molecule has 3 rings (SSSR count). The molecule has 0 aliphatic carbocycles. The Hall–Kier alpha value is -3.34. The molecule has 0 unspecified atom stereocenters. The van der Waals surface area contributed by atoms with E-state index in [4.69, 9.17) is 4.74 Å². The summed E-state index contributed by atoms with van der Waals surface area (Å²) in [4.78, 5) is 10.2. The predicted molar refractivity (Wildman–Crippen MR) is 100 cm³/mol. The highest BCUT2D eigenvalue weighted by molar-refractivity contribution is 5.67. The van der Waals surface area contributed by atoms with E-state index >= 15 is 0 Å². The number of rotatable bonds is 5. The molecule has 0 aliphatic heterocycles. The van der Waals surface area contributed by atoms with Gasteiger partial charge in [-0.25, -0.2) is 0 Å². The Bertz CT molecular complexity index is 908. The van der Waals surface area contributed by atoms with Crippen LogP contribution in [0.25, 0.3) is 11.1 Å². The van der Waals surface area contributed by atoms with Crippen LogP contribution in [-0.4, -0.2) is 10.0 Å². The summed E-state index contributed by atoms with van der Waals surface area (Å²) < 4.78 is 5.67. The summed E-state index contributed by atoms with van der Waals surface area (Å²) in [6, 6.07) is 18.0. The number of phenolic OH excluding ortho intramolecular Hbond substituents is 1. The zero-order chi connectivity index (χ0) is 18.7. The third kappa shape index (κ3) is 3.83. The molecule has 0 aromatic heterocycles. The van der Waals surface area contributed by atoms with Crippen molar-refractivity contribution in [3.63, 3.8) is 0 Å². The van der Waals surface area contributed by atoms with Crippen molar-refractivity contribution >= 4 is 5.69 Å². The van der Waals surface area contributed by atoms with Gasteiger partial charge >= 0.3 is 0 Å². The number of aromatic hydroxyl groups is 1. The van der Waals surface area contributed by atoms with Gasteiger partial charge in [-0.1, -0.05) is 24.3 Å². The van der Waals surface area contributed by atoms with Gasteiger partial charge in [0.2, 0.25) is 0 Å². The average molecular weight is 349 g/mol. The number of phenols is 1.